The summed E-state index contributed by atoms with van der Waals surface area (Å²) in [5.41, 5.74) is 1.99. The number of benzene rings is 1. The van der Waals surface area contributed by atoms with Crippen molar-refractivity contribution in [2.75, 3.05) is 27.4 Å². The van der Waals surface area contributed by atoms with Crippen LogP contribution in [0, 0.1) is 0 Å². The Morgan fingerprint density at radius 2 is 2.09 bits per heavy atom. The van der Waals surface area contributed by atoms with Gasteiger partial charge < -0.3 is 19.5 Å². The highest BCUT2D eigenvalue weighted by molar-refractivity contribution is 6.32. The summed E-state index contributed by atoms with van der Waals surface area (Å²) < 4.78 is 16.2. The van der Waals surface area contributed by atoms with Crippen LogP contribution in [0.5, 0.6) is 11.5 Å². The second kappa shape index (κ2) is 9.35. The number of methoxy groups -OCH3 is 2. The minimum atomic E-state index is 0.384. The molecule has 0 radical (unpaired) electrons. The summed E-state index contributed by atoms with van der Waals surface area (Å²) >= 11 is 6.35. The highest BCUT2D eigenvalue weighted by atomic mass is 35.5. The lowest BCUT2D eigenvalue weighted by atomic mass is 10.2. The first-order chi connectivity index (χ1) is 11.2. The topological polar surface area (TPSA) is 52.6 Å². The van der Waals surface area contributed by atoms with Gasteiger partial charge in [0.05, 0.1) is 18.7 Å². The predicted molar refractivity (Wildman–Crippen MR) is 90.2 cm³/mol. The van der Waals surface area contributed by atoms with Crippen molar-refractivity contribution in [3.05, 3.63) is 52.8 Å². The molecule has 5 nitrogen and oxygen atoms in total. The molecule has 0 aliphatic heterocycles. The van der Waals surface area contributed by atoms with E-state index >= 15 is 0 Å². The number of halogens is 1. The molecule has 1 aromatic heterocycles. The Hall–Kier alpha value is -1.82. The fraction of sp³-hybridized carbons (Fsp3) is 0.353. The first kappa shape index (κ1) is 17.5. The van der Waals surface area contributed by atoms with Crippen molar-refractivity contribution in [2.24, 2.45) is 0 Å². The molecule has 124 valence electrons. The molecular weight excluding hydrogens is 316 g/mol. The molecule has 0 aliphatic carbocycles. The number of nitrogens with zero attached hydrogens (tertiary/aromatic N) is 1. The molecule has 0 amide bonds. The summed E-state index contributed by atoms with van der Waals surface area (Å²) in [7, 11) is 3.28. The Labute approximate surface area is 141 Å². The van der Waals surface area contributed by atoms with Crippen molar-refractivity contribution in [2.45, 2.75) is 13.2 Å². The lowest BCUT2D eigenvalue weighted by Gasteiger charge is -2.14. The van der Waals surface area contributed by atoms with Crippen LogP contribution >= 0.6 is 11.6 Å². The lowest BCUT2D eigenvalue weighted by Crippen LogP contribution is -2.18. The molecular formula is C17H21ClN2O3. The van der Waals surface area contributed by atoms with Crippen LogP contribution in [0.2, 0.25) is 5.02 Å². The van der Waals surface area contributed by atoms with E-state index in [4.69, 9.17) is 25.8 Å². The molecule has 1 aromatic carbocycles. The lowest BCUT2D eigenvalue weighted by molar-refractivity contribution is 0.199. The third-order valence-electron chi connectivity index (χ3n) is 3.21. The third kappa shape index (κ3) is 5.39. The quantitative estimate of drug-likeness (QED) is 0.713. The normalized spacial score (nSPS) is 10.6. The van der Waals surface area contributed by atoms with Crippen LogP contribution in [-0.4, -0.2) is 32.4 Å². The maximum atomic E-state index is 6.35. The van der Waals surface area contributed by atoms with Gasteiger partial charge in [-0.2, -0.15) is 0 Å². The predicted octanol–water partition coefficient (Wildman–Crippen LogP) is 3.06. The van der Waals surface area contributed by atoms with Gasteiger partial charge in [-0.3, -0.25) is 4.98 Å². The maximum absolute atomic E-state index is 6.35. The van der Waals surface area contributed by atoms with Gasteiger partial charge >= 0.3 is 0 Å². The zero-order valence-electron chi connectivity index (χ0n) is 13.3. The smallest absolute Gasteiger partial charge is 0.180 e. The summed E-state index contributed by atoms with van der Waals surface area (Å²) in [5.74, 6) is 1.16. The zero-order valence-corrected chi connectivity index (χ0v) is 14.1. The van der Waals surface area contributed by atoms with Crippen LogP contribution in [0.15, 0.2) is 36.7 Å². The average Bonchev–Trinajstić information content (AvgIpc) is 2.58. The van der Waals surface area contributed by atoms with E-state index in [-0.39, 0.29) is 0 Å². The van der Waals surface area contributed by atoms with E-state index in [0.717, 1.165) is 17.7 Å². The van der Waals surface area contributed by atoms with Gasteiger partial charge in [0.1, 0.15) is 6.61 Å². The summed E-state index contributed by atoms with van der Waals surface area (Å²) in [5, 5.41) is 3.79. The van der Waals surface area contributed by atoms with Crippen LogP contribution in [0.1, 0.15) is 11.1 Å². The number of rotatable bonds is 9. The Kier molecular flexibility index (Phi) is 7.13. The fourth-order valence-corrected chi connectivity index (χ4v) is 2.35. The molecule has 2 aromatic rings. The van der Waals surface area contributed by atoms with Gasteiger partial charge in [-0.1, -0.05) is 17.7 Å². The molecule has 0 saturated carbocycles. The van der Waals surface area contributed by atoms with Crippen LogP contribution in [-0.2, 0) is 17.9 Å². The molecule has 0 unspecified atom stereocenters. The van der Waals surface area contributed by atoms with Crippen molar-refractivity contribution in [1.82, 2.24) is 10.3 Å². The Bertz CT molecular complexity index is 608. The minimum Gasteiger partial charge on any atom is -0.493 e. The summed E-state index contributed by atoms with van der Waals surface area (Å²) in [6, 6.07) is 7.61. The highest BCUT2D eigenvalue weighted by Gasteiger charge is 2.12. The standard InChI is InChI=1S/C17H21ClN2O3/c1-21-7-6-20-11-14-8-15(18)17(16(9-14)22-2)23-12-13-4-3-5-19-10-13/h3-5,8-10,20H,6-7,11-12H2,1-2H3. The van der Waals surface area contributed by atoms with Crippen molar-refractivity contribution in [3.8, 4) is 11.5 Å². The first-order valence-electron chi connectivity index (χ1n) is 7.32. The number of nitrogens with one attached hydrogen (secondary N) is 1. The molecule has 0 fully saturated rings. The molecule has 2 rings (SSSR count). The molecule has 1 heterocycles. The molecule has 0 spiro atoms. The minimum absolute atomic E-state index is 0.384. The number of hydrogen-bond acceptors (Lipinski definition) is 5. The SMILES string of the molecule is COCCNCc1cc(Cl)c(OCc2cccnc2)c(OC)c1. The van der Waals surface area contributed by atoms with E-state index < -0.39 is 0 Å². The van der Waals surface area contributed by atoms with E-state index in [1.807, 2.05) is 24.3 Å². The van der Waals surface area contributed by atoms with Crippen LogP contribution in [0.25, 0.3) is 0 Å². The molecule has 1 N–H and O–H groups in total. The van der Waals surface area contributed by atoms with E-state index in [2.05, 4.69) is 10.3 Å². The van der Waals surface area contributed by atoms with E-state index in [1.54, 1.807) is 26.6 Å². The Morgan fingerprint density at radius 3 is 2.78 bits per heavy atom. The monoisotopic (exact) mass is 336 g/mol. The molecule has 0 saturated heterocycles. The molecule has 0 aliphatic rings. The maximum Gasteiger partial charge on any atom is 0.180 e. The summed E-state index contributed by atoms with van der Waals surface area (Å²) in [4.78, 5) is 4.06. The van der Waals surface area contributed by atoms with Gasteiger partial charge in [0.15, 0.2) is 11.5 Å². The second-order valence-corrected chi connectivity index (χ2v) is 5.34. The zero-order chi connectivity index (χ0) is 16.5. The number of pyridine rings is 1. The number of hydrogen-bond donors (Lipinski definition) is 1. The number of ether oxygens (including phenoxy) is 3. The molecule has 0 bridgehead atoms. The van der Waals surface area contributed by atoms with Crippen molar-refractivity contribution in [3.63, 3.8) is 0 Å². The van der Waals surface area contributed by atoms with Crippen molar-refractivity contribution in [1.29, 1.82) is 0 Å². The van der Waals surface area contributed by atoms with Crippen molar-refractivity contribution < 1.29 is 14.2 Å². The van der Waals surface area contributed by atoms with Crippen LogP contribution < -0.4 is 14.8 Å². The Balaban J connectivity index is 2.04. The highest BCUT2D eigenvalue weighted by Crippen LogP contribution is 2.36. The van der Waals surface area contributed by atoms with Gasteiger partial charge in [0.2, 0.25) is 0 Å². The summed E-state index contributed by atoms with van der Waals surface area (Å²) in [6.07, 6.45) is 3.48. The fourth-order valence-electron chi connectivity index (χ4n) is 2.06. The average molecular weight is 337 g/mol. The van der Waals surface area contributed by atoms with Crippen molar-refractivity contribution >= 4 is 11.6 Å². The van der Waals surface area contributed by atoms with Gasteiger partial charge in [0, 0.05) is 38.2 Å². The molecule has 23 heavy (non-hydrogen) atoms. The van der Waals surface area contributed by atoms with Crippen LogP contribution in [0.4, 0.5) is 0 Å². The van der Waals surface area contributed by atoms with Gasteiger partial charge in [-0.15, -0.1) is 0 Å². The first-order valence-corrected chi connectivity index (χ1v) is 7.70. The molecule has 0 atom stereocenters. The second-order valence-electron chi connectivity index (χ2n) is 4.93. The van der Waals surface area contributed by atoms with E-state index in [0.29, 0.717) is 36.3 Å². The van der Waals surface area contributed by atoms with E-state index in [1.165, 1.54) is 0 Å². The largest absolute Gasteiger partial charge is 0.493 e. The van der Waals surface area contributed by atoms with Gasteiger partial charge in [-0.25, -0.2) is 0 Å². The van der Waals surface area contributed by atoms with Crippen LogP contribution in [0.3, 0.4) is 0 Å². The molecule has 6 heteroatoms. The van der Waals surface area contributed by atoms with Gasteiger partial charge in [0.25, 0.3) is 0 Å². The van der Waals surface area contributed by atoms with Gasteiger partial charge in [-0.05, 0) is 23.8 Å². The number of aromatic nitrogens is 1. The van der Waals surface area contributed by atoms with E-state index in [9.17, 15) is 0 Å². The Morgan fingerprint density at radius 1 is 1.22 bits per heavy atom. The summed E-state index contributed by atoms with van der Waals surface area (Å²) in [6.45, 7) is 2.50. The third-order valence-corrected chi connectivity index (χ3v) is 3.49.